The molecule has 6 nitrogen and oxygen atoms in total. The summed E-state index contributed by atoms with van der Waals surface area (Å²) in [7, 11) is 1.59. The second-order valence-corrected chi connectivity index (χ2v) is 7.93. The van der Waals surface area contributed by atoms with Gasteiger partial charge in [0.2, 0.25) is 0 Å². The Morgan fingerprint density at radius 1 is 1.18 bits per heavy atom. The molecule has 2 fully saturated rings. The zero-order chi connectivity index (χ0) is 19.4. The molecule has 2 aliphatic rings. The van der Waals surface area contributed by atoms with E-state index in [-0.39, 0.29) is 5.91 Å². The van der Waals surface area contributed by atoms with Crippen LogP contribution in [0.2, 0.25) is 10.0 Å². The molecule has 2 bridgehead atoms. The van der Waals surface area contributed by atoms with E-state index < -0.39 is 0 Å². The fourth-order valence-corrected chi connectivity index (χ4v) is 4.44. The molecule has 3 heterocycles. The molecular weight excluding hydrogens is 399 g/mol. The largest absolute Gasteiger partial charge is 0.496 e. The number of imidazole rings is 1. The lowest BCUT2D eigenvalue weighted by atomic mass is 10.1. The molecule has 1 N–H and O–H groups in total. The van der Waals surface area contributed by atoms with E-state index in [0.717, 1.165) is 37.0 Å². The second kappa shape index (κ2) is 6.65. The first kappa shape index (κ1) is 17.8. The topological polar surface area (TPSA) is 61.5 Å². The van der Waals surface area contributed by atoms with Crippen molar-refractivity contribution in [3.8, 4) is 17.1 Å². The van der Waals surface area contributed by atoms with Crippen LogP contribution in [0.25, 0.3) is 22.4 Å². The molecule has 2 aromatic carbocycles. The number of aromatic amines is 1. The number of amides is 1. The molecule has 1 aromatic heterocycles. The minimum absolute atomic E-state index is 0.0213. The van der Waals surface area contributed by atoms with Crippen LogP contribution in [0, 0.1) is 0 Å². The van der Waals surface area contributed by atoms with Crippen LogP contribution in [0.15, 0.2) is 30.3 Å². The lowest BCUT2D eigenvalue weighted by Gasteiger charge is -2.24. The minimum Gasteiger partial charge on any atom is -0.496 e. The number of aromatic nitrogens is 2. The van der Waals surface area contributed by atoms with Gasteiger partial charge in [-0.3, -0.25) is 9.80 Å². The predicted octanol–water partition coefficient (Wildman–Crippen LogP) is 4.38. The van der Waals surface area contributed by atoms with Gasteiger partial charge in [0.05, 0.1) is 39.8 Å². The van der Waals surface area contributed by atoms with Gasteiger partial charge in [0.25, 0.3) is 5.91 Å². The Morgan fingerprint density at radius 3 is 2.61 bits per heavy atom. The van der Waals surface area contributed by atoms with Crippen molar-refractivity contribution < 1.29 is 9.53 Å². The molecule has 2 saturated heterocycles. The number of nitrogens with zero attached hydrogens (tertiary/aromatic N) is 3. The average molecular weight is 417 g/mol. The predicted molar refractivity (Wildman–Crippen MR) is 109 cm³/mol. The number of hydrazine groups is 1. The molecule has 144 valence electrons. The van der Waals surface area contributed by atoms with E-state index in [2.05, 4.69) is 15.0 Å². The van der Waals surface area contributed by atoms with E-state index in [1.807, 2.05) is 17.1 Å². The standard InChI is InChI=1S/C20H18Cl2N4O2/c1-28-18-8-11(20(27)26-12-4-6-25(26)7-5-12)2-3-13(18)19-23-16-9-14(21)15(22)10-17(16)24-19/h2-3,8-10,12H,4-7H2,1H3,(H,23,24). The summed E-state index contributed by atoms with van der Waals surface area (Å²) < 4.78 is 5.57. The molecule has 0 unspecified atom stereocenters. The third-order valence-electron chi connectivity index (χ3n) is 5.53. The summed E-state index contributed by atoms with van der Waals surface area (Å²) in [6.07, 6.45) is 2.09. The van der Waals surface area contributed by atoms with Crippen LogP contribution in [0.5, 0.6) is 5.75 Å². The smallest absolute Gasteiger partial charge is 0.268 e. The molecule has 8 heteroatoms. The van der Waals surface area contributed by atoms with Gasteiger partial charge in [-0.05, 0) is 43.2 Å². The van der Waals surface area contributed by atoms with Gasteiger partial charge < -0.3 is 9.72 Å². The first-order chi connectivity index (χ1) is 13.5. The highest BCUT2D eigenvalue weighted by atomic mass is 35.5. The number of halogens is 2. The summed E-state index contributed by atoms with van der Waals surface area (Å²) in [6, 6.07) is 9.26. The number of carbonyl (C=O) groups is 1. The van der Waals surface area contributed by atoms with Gasteiger partial charge in [-0.1, -0.05) is 23.2 Å². The summed E-state index contributed by atoms with van der Waals surface area (Å²) >= 11 is 12.2. The van der Waals surface area contributed by atoms with E-state index >= 15 is 0 Å². The Balaban J connectivity index is 1.52. The van der Waals surface area contributed by atoms with Gasteiger partial charge >= 0.3 is 0 Å². The maximum absolute atomic E-state index is 13.0. The van der Waals surface area contributed by atoms with Crippen molar-refractivity contribution in [2.24, 2.45) is 0 Å². The molecule has 3 aromatic rings. The summed E-state index contributed by atoms with van der Waals surface area (Å²) in [4.78, 5) is 20.9. The third kappa shape index (κ3) is 2.75. The van der Waals surface area contributed by atoms with Crippen LogP contribution >= 0.6 is 23.2 Å². The average Bonchev–Trinajstić information content (AvgIpc) is 3.41. The maximum Gasteiger partial charge on any atom is 0.268 e. The normalized spacial score (nSPS) is 20.9. The van der Waals surface area contributed by atoms with Crippen molar-refractivity contribution in [1.82, 2.24) is 20.0 Å². The first-order valence-electron chi connectivity index (χ1n) is 9.17. The highest BCUT2D eigenvalue weighted by molar-refractivity contribution is 6.42. The Kier molecular flexibility index (Phi) is 4.23. The Bertz CT molecular complexity index is 1040. The van der Waals surface area contributed by atoms with Crippen LogP contribution in [-0.4, -0.2) is 52.1 Å². The molecule has 0 spiro atoms. The van der Waals surface area contributed by atoms with Crippen LogP contribution < -0.4 is 4.74 Å². The zero-order valence-electron chi connectivity index (χ0n) is 15.2. The Labute approximate surface area is 172 Å². The third-order valence-corrected chi connectivity index (χ3v) is 6.25. The molecule has 0 saturated carbocycles. The zero-order valence-corrected chi connectivity index (χ0v) is 16.7. The lowest BCUT2D eigenvalue weighted by Crippen LogP contribution is -2.38. The monoisotopic (exact) mass is 416 g/mol. The number of benzene rings is 2. The number of hydrogen-bond donors (Lipinski definition) is 1. The van der Waals surface area contributed by atoms with Gasteiger partial charge in [-0.15, -0.1) is 0 Å². The van der Waals surface area contributed by atoms with Crippen molar-refractivity contribution >= 4 is 40.1 Å². The summed E-state index contributed by atoms with van der Waals surface area (Å²) in [5.41, 5.74) is 2.88. The van der Waals surface area contributed by atoms with Crippen molar-refractivity contribution in [3.63, 3.8) is 0 Å². The quantitative estimate of drug-likeness (QED) is 0.687. The number of H-pyrrole nitrogens is 1. The molecule has 0 atom stereocenters. The summed E-state index contributed by atoms with van der Waals surface area (Å²) in [5.74, 6) is 1.24. The highest BCUT2D eigenvalue weighted by Gasteiger charge is 2.41. The fraction of sp³-hybridized carbons (Fsp3) is 0.300. The molecule has 28 heavy (non-hydrogen) atoms. The van der Waals surface area contributed by atoms with Gasteiger partial charge in [0, 0.05) is 18.7 Å². The van der Waals surface area contributed by atoms with Crippen molar-refractivity contribution in [2.75, 3.05) is 20.2 Å². The number of ether oxygens (including phenoxy) is 1. The number of methoxy groups -OCH3 is 1. The van der Waals surface area contributed by atoms with Crippen LogP contribution in [0.1, 0.15) is 23.2 Å². The van der Waals surface area contributed by atoms with Crippen molar-refractivity contribution in [1.29, 1.82) is 0 Å². The number of rotatable bonds is 3. The van der Waals surface area contributed by atoms with E-state index in [0.29, 0.717) is 38.7 Å². The summed E-state index contributed by atoms with van der Waals surface area (Å²) in [6.45, 7) is 1.91. The van der Waals surface area contributed by atoms with E-state index in [4.69, 9.17) is 27.9 Å². The molecule has 5 rings (SSSR count). The van der Waals surface area contributed by atoms with Crippen molar-refractivity contribution in [2.45, 2.75) is 18.9 Å². The van der Waals surface area contributed by atoms with Gasteiger partial charge in [-0.2, -0.15) is 0 Å². The van der Waals surface area contributed by atoms with Crippen LogP contribution in [-0.2, 0) is 0 Å². The maximum atomic E-state index is 13.0. The Morgan fingerprint density at radius 2 is 1.93 bits per heavy atom. The number of nitrogens with one attached hydrogen (secondary N) is 1. The number of piperidine rings is 1. The molecule has 2 aliphatic heterocycles. The number of carbonyl (C=O) groups excluding carboxylic acids is 1. The molecule has 1 amide bonds. The van der Waals surface area contributed by atoms with Gasteiger partial charge in [-0.25, -0.2) is 9.99 Å². The fourth-order valence-electron chi connectivity index (χ4n) is 4.12. The minimum atomic E-state index is 0.0213. The lowest BCUT2D eigenvalue weighted by molar-refractivity contribution is 0.0334. The van der Waals surface area contributed by atoms with Crippen LogP contribution in [0.3, 0.4) is 0 Å². The van der Waals surface area contributed by atoms with Gasteiger partial charge in [0.1, 0.15) is 11.6 Å². The first-order valence-corrected chi connectivity index (χ1v) is 9.92. The molecule has 0 aliphatic carbocycles. The Hall–Kier alpha value is -2.28. The second-order valence-electron chi connectivity index (χ2n) is 7.12. The van der Waals surface area contributed by atoms with E-state index in [9.17, 15) is 4.79 Å². The SMILES string of the molecule is COc1cc(C(=O)N2C3CCN2CC3)ccc1-c1nc2cc(Cl)c(Cl)cc2[nH]1. The highest BCUT2D eigenvalue weighted by Crippen LogP contribution is 2.35. The number of fused-ring (bicyclic) bond motifs is 3. The van der Waals surface area contributed by atoms with Crippen LogP contribution in [0.4, 0.5) is 0 Å². The summed E-state index contributed by atoms with van der Waals surface area (Å²) in [5, 5.41) is 4.96. The molecular formula is C20H18Cl2N4O2. The van der Waals surface area contributed by atoms with Gasteiger partial charge in [0.15, 0.2) is 0 Å². The van der Waals surface area contributed by atoms with E-state index in [1.165, 1.54) is 0 Å². The number of hydrogen-bond acceptors (Lipinski definition) is 4. The van der Waals surface area contributed by atoms with Crippen molar-refractivity contribution in [3.05, 3.63) is 45.9 Å². The van der Waals surface area contributed by atoms with E-state index in [1.54, 1.807) is 25.3 Å². The molecule has 0 radical (unpaired) electrons.